The van der Waals surface area contributed by atoms with E-state index in [0.717, 1.165) is 0 Å². The van der Waals surface area contributed by atoms with Crippen LogP contribution in [0.15, 0.2) is 48.1 Å². The third-order valence-corrected chi connectivity index (χ3v) is 6.95. The summed E-state index contributed by atoms with van der Waals surface area (Å²) in [7, 11) is 0. The Morgan fingerprint density at radius 1 is 0.460 bits per heavy atom. The van der Waals surface area contributed by atoms with Crippen molar-refractivity contribution in [1.29, 1.82) is 0 Å². The molecule has 4 unspecified atom stereocenters. The fraction of sp³-hybridized carbons (Fsp3) is 0.577. The van der Waals surface area contributed by atoms with E-state index in [4.69, 9.17) is 0 Å². The van der Waals surface area contributed by atoms with Crippen molar-refractivity contribution in [2.75, 3.05) is 0 Å². The molecule has 0 radical (unpaired) electrons. The molecular formula is C26H23F17O7. The van der Waals surface area contributed by atoms with Gasteiger partial charge in [0.2, 0.25) is 5.83 Å². The van der Waals surface area contributed by atoms with Crippen molar-refractivity contribution in [3.8, 4) is 0 Å². The molecule has 0 heterocycles. The molecule has 0 aliphatic heterocycles. The zero-order valence-corrected chi connectivity index (χ0v) is 24.9. The lowest BCUT2D eigenvalue weighted by Crippen LogP contribution is -2.72. The van der Waals surface area contributed by atoms with Crippen molar-refractivity contribution in [2.45, 2.75) is 86.9 Å². The van der Waals surface area contributed by atoms with Crippen molar-refractivity contribution in [2.24, 2.45) is 5.41 Å². The summed E-state index contributed by atoms with van der Waals surface area (Å²) in [6.45, 7) is 10.4. The summed E-state index contributed by atoms with van der Waals surface area (Å²) in [4.78, 5) is 37.7. The van der Waals surface area contributed by atoms with E-state index in [0.29, 0.717) is 20.8 Å². The minimum Gasteiger partial charge on any atom is -0.385 e. The van der Waals surface area contributed by atoms with Crippen LogP contribution in [0.3, 0.4) is 0 Å². The van der Waals surface area contributed by atoms with Crippen molar-refractivity contribution in [3.63, 3.8) is 0 Å². The molecule has 0 aromatic heterocycles. The highest BCUT2D eigenvalue weighted by Crippen LogP contribution is 2.63. The Labute approximate surface area is 268 Å². The van der Waals surface area contributed by atoms with Crippen LogP contribution in [0.2, 0.25) is 0 Å². The van der Waals surface area contributed by atoms with Crippen molar-refractivity contribution in [1.82, 2.24) is 0 Å². The molecule has 4 N–H and O–H groups in total. The number of ketones is 3. The average molecular weight is 770 g/mol. The van der Waals surface area contributed by atoms with Crippen LogP contribution in [-0.4, -0.2) is 104 Å². The van der Waals surface area contributed by atoms with Crippen LogP contribution in [0.1, 0.15) is 20.8 Å². The van der Waals surface area contributed by atoms with Gasteiger partial charge in [0.1, 0.15) is 29.8 Å². The SMILES string of the molecule is C=C(C)C(=O)C(O)C(C(O)C(=O)C(=C)C)(C(O)C(=O)C(=C)C)C(O)C(F)=C(F)C(F)(F)C(F)(F)C(F)(F)C(F)(F)C(F)(F)C(F)(F)C(F)(F)F. The Kier molecular flexibility index (Phi) is 13.0. The van der Waals surface area contributed by atoms with Gasteiger partial charge in [-0.3, -0.25) is 14.4 Å². The highest BCUT2D eigenvalue weighted by atomic mass is 19.4. The van der Waals surface area contributed by atoms with Crippen molar-refractivity contribution >= 4 is 17.3 Å². The van der Waals surface area contributed by atoms with Crippen LogP contribution in [0.25, 0.3) is 0 Å². The molecule has 0 aromatic carbocycles. The van der Waals surface area contributed by atoms with Gasteiger partial charge in [0.25, 0.3) is 0 Å². The number of aliphatic hydroxyl groups excluding tert-OH is 4. The van der Waals surface area contributed by atoms with Gasteiger partial charge >= 0.3 is 41.7 Å². The Balaban J connectivity index is 8.20. The van der Waals surface area contributed by atoms with E-state index in [9.17, 15) is 105 Å². The summed E-state index contributed by atoms with van der Waals surface area (Å²) >= 11 is 0. The molecule has 4 atom stereocenters. The second-order valence-corrected chi connectivity index (χ2v) is 10.6. The van der Waals surface area contributed by atoms with E-state index >= 15 is 4.39 Å². The number of carbonyl (C=O) groups excluding carboxylic acids is 3. The van der Waals surface area contributed by atoms with Gasteiger partial charge in [0.15, 0.2) is 23.2 Å². The zero-order chi connectivity index (χ0) is 40.9. The topological polar surface area (TPSA) is 132 Å². The molecule has 0 spiro atoms. The summed E-state index contributed by atoms with van der Waals surface area (Å²) in [5.41, 5.74) is -7.85. The first kappa shape index (κ1) is 46.6. The lowest BCUT2D eigenvalue weighted by molar-refractivity contribution is -0.450. The number of hydrogen-bond acceptors (Lipinski definition) is 7. The number of carbonyl (C=O) groups is 3. The molecular weight excluding hydrogens is 747 g/mol. The third-order valence-electron chi connectivity index (χ3n) is 6.95. The maximum atomic E-state index is 15.3. The maximum Gasteiger partial charge on any atom is 0.460 e. The summed E-state index contributed by atoms with van der Waals surface area (Å²) in [5.74, 6) is -67.9. The van der Waals surface area contributed by atoms with Crippen molar-refractivity contribution in [3.05, 3.63) is 48.1 Å². The van der Waals surface area contributed by atoms with E-state index in [1.54, 1.807) is 0 Å². The third kappa shape index (κ3) is 6.69. The van der Waals surface area contributed by atoms with Crippen LogP contribution in [0.4, 0.5) is 74.6 Å². The number of allylic oxidation sites excluding steroid dienone is 1. The lowest BCUT2D eigenvalue weighted by Gasteiger charge is -2.46. The van der Waals surface area contributed by atoms with Crippen LogP contribution < -0.4 is 0 Å². The smallest absolute Gasteiger partial charge is 0.385 e. The Hall–Kier alpha value is -3.38. The van der Waals surface area contributed by atoms with Crippen LogP contribution in [0, 0.1) is 5.41 Å². The standard InChI is InChI=1S/C26H23F17O7/c1-7(2)11(44)16(48)19(17(49)12(45)8(3)4,18(50)13(46)9(5)6)15(47)10(27)14(28)20(29,30)21(31,32)22(33,34)23(35,36)24(37,38)25(39,40)26(41,42)43/h15-18,47-50H,1,3,5H2,2,4,6H3. The second kappa shape index (κ2) is 14.0. The molecule has 0 aliphatic carbocycles. The monoisotopic (exact) mass is 770 g/mol. The molecule has 0 saturated carbocycles. The van der Waals surface area contributed by atoms with E-state index in [2.05, 4.69) is 19.7 Å². The molecule has 7 nitrogen and oxygen atoms in total. The van der Waals surface area contributed by atoms with E-state index in [1.807, 2.05) is 0 Å². The molecule has 288 valence electrons. The Bertz CT molecular complexity index is 1370. The van der Waals surface area contributed by atoms with Crippen LogP contribution in [0.5, 0.6) is 0 Å². The molecule has 24 heteroatoms. The number of hydrogen-bond donors (Lipinski definition) is 4. The summed E-state index contributed by atoms with van der Waals surface area (Å²) in [6.07, 6.45) is -24.2. The Morgan fingerprint density at radius 3 is 0.940 bits per heavy atom. The highest BCUT2D eigenvalue weighted by molar-refractivity contribution is 6.05. The van der Waals surface area contributed by atoms with Gasteiger partial charge in [-0.05, 0) is 37.5 Å². The number of rotatable bonds is 17. The minimum atomic E-state index is -8.96. The summed E-state index contributed by atoms with van der Waals surface area (Å²) in [5, 5.41) is 42.6. The van der Waals surface area contributed by atoms with Gasteiger partial charge in [-0.2, -0.15) is 65.9 Å². The molecule has 0 amide bonds. The van der Waals surface area contributed by atoms with Gasteiger partial charge in [-0.1, -0.05) is 19.7 Å². The predicted octanol–water partition coefficient (Wildman–Crippen LogP) is 5.38. The normalized spacial score (nSPS) is 18.2. The summed E-state index contributed by atoms with van der Waals surface area (Å²) < 4.78 is 234. The molecule has 0 bridgehead atoms. The largest absolute Gasteiger partial charge is 0.460 e. The number of alkyl halides is 15. The van der Waals surface area contributed by atoms with Gasteiger partial charge in [-0.25, -0.2) is 8.78 Å². The quantitative estimate of drug-likeness (QED) is 0.116. The van der Waals surface area contributed by atoms with Gasteiger partial charge in [-0.15, -0.1) is 0 Å². The molecule has 0 rings (SSSR count). The number of halogens is 17. The first-order chi connectivity index (χ1) is 21.8. The lowest BCUT2D eigenvalue weighted by atomic mass is 9.62. The number of Topliss-reactive ketones (excluding diaryl/α,β-unsaturated/α-hetero) is 3. The van der Waals surface area contributed by atoms with Gasteiger partial charge < -0.3 is 20.4 Å². The molecule has 0 fully saturated rings. The predicted molar refractivity (Wildman–Crippen MR) is 131 cm³/mol. The number of aliphatic hydroxyl groups is 4. The minimum absolute atomic E-state index is 0.588. The second-order valence-electron chi connectivity index (χ2n) is 10.6. The molecule has 0 aromatic rings. The Morgan fingerprint density at radius 2 is 0.700 bits per heavy atom. The molecule has 0 aliphatic rings. The van der Waals surface area contributed by atoms with Crippen LogP contribution >= 0.6 is 0 Å². The van der Waals surface area contributed by atoms with E-state index in [1.165, 1.54) is 0 Å². The zero-order valence-electron chi connectivity index (χ0n) is 24.9. The molecule has 50 heavy (non-hydrogen) atoms. The fourth-order valence-electron chi connectivity index (χ4n) is 3.87. The first-order valence-corrected chi connectivity index (χ1v) is 12.5. The van der Waals surface area contributed by atoms with Crippen LogP contribution in [-0.2, 0) is 14.4 Å². The van der Waals surface area contributed by atoms with Gasteiger partial charge in [0, 0.05) is 0 Å². The highest BCUT2D eigenvalue weighted by Gasteiger charge is 2.94. The van der Waals surface area contributed by atoms with Gasteiger partial charge in [0.05, 0.1) is 0 Å². The average Bonchev–Trinajstić information content (AvgIpc) is 2.97. The van der Waals surface area contributed by atoms with E-state index < -0.39 is 117 Å². The fourth-order valence-corrected chi connectivity index (χ4v) is 3.87. The first-order valence-electron chi connectivity index (χ1n) is 12.5. The molecule has 0 saturated heterocycles. The van der Waals surface area contributed by atoms with E-state index in [-0.39, 0.29) is 0 Å². The summed E-state index contributed by atoms with van der Waals surface area (Å²) in [6, 6.07) is 0. The van der Waals surface area contributed by atoms with Crippen molar-refractivity contribution < 1.29 is 109 Å². The maximum absolute atomic E-state index is 15.3.